The minimum absolute atomic E-state index is 0.0787. The molecule has 2 N–H and O–H groups in total. The zero-order chi connectivity index (χ0) is 13.9. The summed E-state index contributed by atoms with van der Waals surface area (Å²) in [5, 5.41) is 0.245. The van der Waals surface area contributed by atoms with Gasteiger partial charge in [-0.05, 0) is 0 Å². The third kappa shape index (κ3) is 7.78. The number of methoxy groups -OCH3 is 1. The SMILES string of the molecule is COCCOCCOCCOc1cc(Cl)nc(N)n1. The van der Waals surface area contributed by atoms with Gasteiger partial charge in [0.15, 0.2) is 0 Å². The van der Waals surface area contributed by atoms with Gasteiger partial charge >= 0.3 is 0 Å². The summed E-state index contributed by atoms with van der Waals surface area (Å²) in [7, 11) is 1.63. The molecule has 1 heterocycles. The zero-order valence-electron chi connectivity index (χ0n) is 10.8. The monoisotopic (exact) mass is 291 g/mol. The summed E-state index contributed by atoms with van der Waals surface area (Å²) >= 11 is 5.70. The number of nitrogens with zero attached hydrogens (tertiary/aromatic N) is 2. The van der Waals surface area contributed by atoms with E-state index in [4.69, 9.17) is 36.3 Å². The maximum Gasteiger partial charge on any atom is 0.224 e. The van der Waals surface area contributed by atoms with Crippen LogP contribution in [0.1, 0.15) is 0 Å². The molecule has 0 spiro atoms. The molecule has 0 atom stereocenters. The second-order valence-electron chi connectivity index (χ2n) is 3.45. The molecule has 0 unspecified atom stereocenters. The van der Waals surface area contributed by atoms with E-state index in [1.807, 2.05) is 0 Å². The van der Waals surface area contributed by atoms with Crippen molar-refractivity contribution in [2.45, 2.75) is 0 Å². The molecule has 0 aliphatic carbocycles. The van der Waals surface area contributed by atoms with Crippen molar-refractivity contribution < 1.29 is 18.9 Å². The average Bonchev–Trinajstić information content (AvgIpc) is 2.36. The van der Waals surface area contributed by atoms with Crippen LogP contribution in [0.2, 0.25) is 5.15 Å². The van der Waals surface area contributed by atoms with Gasteiger partial charge in [0.05, 0.1) is 33.0 Å². The van der Waals surface area contributed by atoms with Crippen molar-refractivity contribution >= 4 is 17.5 Å². The Balaban J connectivity index is 2.01. The van der Waals surface area contributed by atoms with Gasteiger partial charge in [-0.3, -0.25) is 0 Å². The Morgan fingerprint density at radius 2 is 1.68 bits per heavy atom. The summed E-state index contributed by atoms with van der Waals surface area (Å²) in [6, 6.07) is 1.49. The zero-order valence-corrected chi connectivity index (χ0v) is 11.6. The van der Waals surface area contributed by atoms with Gasteiger partial charge in [-0.1, -0.05) is 11.6 Å². The number of nitrogens with two attached hydrogens (primary N) is 1. The first kappa shape index (κ1) is 15.9. The molecule has 19 heavy (non-hydrogen) atoms. The molecule has 0 saturated carbocycles. The van der Waals surface area contributed by atoms with E-state index in [9.17, 15) is 0 Å². The molecule has 1 rings (SSSR count). The van der Waals surface area contributed by atoms with Crippen LogP contribution < -0.4 is 10.5 Å². The lowest BCUT2D eigenvalue weighted by atomic mass is 10.6. The summed E-state index contributed by atoms with van der Waals surface area (Å²) in [5.74, 6) is 0.410. The fraction of sp³-hybridized carbons (Fsp3) is 0.636. The Morgan fingerprint density at radius 3 is 2.32 bits per heavy atom. The lowest BCUT2D eigenvalue weighted by molar-refractivity contribution is 0.0176. The van der Waals surface area contributed by atoms with Gasteiger partial charge in [0.2, 0.25) is 11.8 Å². The van der Waals surface area contributed by atoms with Gasteiger partial charge in [-0.15, -0.1) is 0 Å². The number of hydrogen-bond donors (Lipinski definition) is 1. The van der Waals surface area contributed by atoms with E-state index in [-0.39, 0.29) is 11.1 Å². The first-order valence-electron chi connectivity index (χ1n) is 5.79. The van der Waals surface area contributed by atoms with Gasteiger partial charge < -0.3 is 24.7 Å². The standard InChI is InChI=1S/C11H18ClN3O4/c1-16-2-3-17-4-5-18-6-7-19-10-8-9(12)14-11(13)15-10/h8H,2-7H2,1H3,(H2,13,14,15). The molecule has 0 bridgehead atoms. The van der Waals surface area contributed by atoms with Gasteiger partial charge in [-0.2, -0.15) is 4.98 Å². The summed E-state index contributed by atoms with van der Waals surface area (Å²) in [6.07, 6.45) is 0. The van der Waals surface area contributed by atoms with Crippen LogP contribution in [-0.2, 0) is 14.2 Å². The van der Waals surface area contributed by atoms with Crippen LogP contribution in [0, 0.1) is 0 Å². The van der Waals surface area contributed by atoms with Crippen molar-refractivity contribution in [2.24, 2.45) is 0 Å². The molecule has 0 radical (unpaired) electrons. The van der Waals surface area contributed by atoms with Crippen LogP contribution in [0.25, 0.3) is 0 Å². The van der Waals surface area contributed by atoms with Crippen molar-refractivity contribution in [3.05, 3.63) is 11.2 Å². The quantitative estimate of drug-likeness (QED) is 0.503. The van der Waals surface area contributed by atoms with E-state index in [2.05, 4.69) is 9.97 Å². The molecule has 108 valence electrons. The highest BCUT2D eigenvalue weighted by molar-refractivity contribution is 6.29. The normalized spacial score (nSPS) is 10.6. The second kappa shape index (κ2) is 9.74. The van der Waals surface area contributed by atoms with Crippen LogP contribution in [-0.4, -0.2) is 56.7 Å². The number of rotatable bonds is 10. The van der Waals surface area contributed by atoms with Crippen LogP contribution in [0.4, 0.5) is 5.95 Å². The predicted molar refractivity (Wildman–Crippen MR) is 70.5 cm³/mol. The summed E-state index contributed by atoms with van der Waals surface area (Å²) < 4.78 is 20.7. The minimum Gasteiger partial charge on any atom is -0.475 e. The van der Waals surface area contributed by atoms with Crippen molar-refractivity contribution in [1.82, 2.24) is 9.97 Å². The van der Waals surface area contributed by atoms with E-state index in [1.165, 1.54) is 6.07 Å². The smallest absolute Gasteiger partial charge is 0.224 e. The molecule has 0 fully saturated rings. The first-order chi connectivity index (χ1) is 9.22. The van der Waals surface area contributed by atoms with Crippen LogP contribution >= 0.6 is 11.6 Å². The van der Waals surface area contributed by atoms with Crippen molar-refractivity contribution in [2.75, 3.05) is 52.5 Å². The van der Waals surface area contributed by atoms with Gasteiger partial charge in [0, 0.05) is 13.2 Å². The van der Waals surface area contributed by atoms with E-state index in [0.29, 0.717) is 45.5 Å². The predicted octanol–water partition coefficient (Wildman–Crippen LogP) is 0.771. The molecule has 0 saturated heterocycles. The third-order valence-electron chi connectivity index (χ3n) is 1.97. The lowest BCUT2D eigenvalue weighted by Crippen LogP contribution is -2.13. The van der Waals surface area contributed by atoms with Crippen LogP contribution in [0.3, 0.4) is 0 Å². The molecule has 0 amide bonds. The third-order valence-corrected chi connectivity index (χ3v) is 2.16. The number of ether oxygens (including phenoxy) is 4. The average molecular weight is 292 g/mol. The molecule has 1 aromatic rings. The van der Waals surface area contributed by atoms with Gasteiger partial charge in [-0.25, -0.2) is 4.98 Å². The van der Waals surface area contributed by atoms with E-state index < -0.39 is 0 Å². The largest absolute Gasteiger partial charge is 0.475 e. The molecule has 8 heteroatoms. The number of nitrogen functional groups attached to an aromatic ring is 1. The fourth-order valence-electron chi connectivity index (χ4n) is 1.16. The molecule has 7 nitrogen and oxygen atoms in total. The van der Waals surface area contributed by atoms with E-state index in [1.54, 1.807) is 7.11 Å². The van der Waals surface area contributed by atoms with Gasteiger partial charge in [0.25, 0.3) is 0 Å². The van der Waals surface area contributed by atoms with Crippen molar-refractivity contribution in [3.63, 3.8) is 0 Å². The van der Waals surface area contributed by atoms with Crippen molar-refractivity contribution in [3.8, 4) is 5.88 Å². The summed E-state index contributed by atoms with van der Waals surface area (Å²) in [5.41, 5.74) is 5.42. The fourth-order valence-corrected chi connectivity index (χ4v) is 1.34. The Kier molecular flexibility index (Phi) is 8.15. The van der Waals surface area contributed by atoms with Gasteiger partial charge in [0.1, 0.15) is 11.8 Å². The van der Waals surface area contributed by atoms with E-state index in [0.717, 1.165) is 0 Å². The molecular weight excluding hydrogens is 274 g/mol. The second-order valence-corrected chi connectivity index (χ2v) is 3.84. The van der Waals surface area contributed by atoms with E-state index >= 15 is 0 Å². The highest BCUT2D eigenvalue weighted by atomic mass is 35.5. The number of hydrogen-bond acceptors (Lipinski definition) is 7. The first-order valence-corrected chi connectivity index (χ1v) is 6.17. The number of anilines is 1. The molecule has 0 aliphatic heterocycles. The maximum atomic E-state index is 5.70. The van der Waals surface area contributed by atoms with Crippen LogP contribution in [0.15, 0.2) is 6.07 Å². The Hall–Kier alpha value is -1.15. The Morgan fingerprint density at radius 1 is 1.05 bits per heavy atom. The Bertz CT molecular complexity index is 348. The number of aromatic nitrogens is 2. The minimum atomic E-state index is 0.0787. The summed E-state index contributed by atoms with van der Waals surface area (Å²) in [6.45, 7) is 2.95. The van der Waals surface area contributed by atoms with Crippen molar-refractivity contribution in [1.29, 1.82) is 0 Å². The lowest BCUT2D eigenvalue weighted by Gasteiger charge is -2.07. The Labute approximate surface area is 117 Å². The highest BCUT2D eigenvalue weighted by Crippen LogP contribution is 2.14. The number of halogens is 1. The highest BCUT2D eigenvalue weighted by Gasteiger charge is 2.01. The van der Waals surface area contributed by atoms with Crippen LogP contribution in [0.5, 0.6) is 5.88 Å². The topological polar surface area (TPSA) is 88.7 Å². The maximum absolute atomic E-state index is 5.70. The molecule has 0 aromatic carbocycles. The molecular formula is C11H18ClN3O4. The molecule has 0 aliphatic rings. The molecule has 1 aromatic heterocycles. The summed E-state index contributed by atoms with van der Waals surface area (Å²) in [4.78, 5) is 7.59.